The highest BCUT2D eigenvalue weighted by atomic mass is 19.4. The molecule has 812 valence electrons. The van der Waals surface area contributed by atoms with E-state index in [1.165, 1.54) is 14.7 Å². The molecule has 2 unspecified atom stereocenters. The van der Waals surface area contributed by atoms with E-state index in [1.54, 1.807) is 0 Å². The number of aromatic nitrogens is 6. The average molecular weight is 2120 g/mol. The summed E-state index contributed by atoms with van der Waals surface area (Å²) in [5.41, 5.74) is 9.15. The zero-order valence-corrected chi connectivity index (χ0v) is 78.5. The number of quaternary nitrogens is 3. The maximum atomic E-state index is 14.0. The number of imidazole rings is 3. The Morgan fingerprint density at radius 3 is 0.795 bits per heavy atom. The number of carbonyl (C=O) groups excluding carboxylic acids is 9. The van der Waals surface area contributed by atoms with Crippen LogP contribution in [0.5, 0.6) is 0 Å². The third-order valence-corrected chi connectivity index (χ3v) is 23.5. The van der Waals surface area contributed by atoms with Crippen LogP contribution < -0.4 is 32.5 Å². The third-order valence-electron chi connectivity index (χ3n) is 23.5. The first kappa shape index (κ1) is 119. The van der Waals surface area contributed by atoms with Gasteiger partial charge in [0.25, 0.3) is 0 Å². The number of carboxylic acid groups (broad SMARTS) is 4. The van der Waals surface area contributed by atoms with E-state index in [-0.39, 0.29) is 151 Å². The fourth-order valence-corrected chi connectivity index (χ4v) is 15.9. The molecule has 3 saturated heterocycles. The number of ether oxygens (including phenoxy) is 6. The normalized spacial score (nSPS) is 16.7. The molecule has 0 aliphatic carbocycles. The number of hydrogen-bond acceptors (Lipinski definition) is 29. The summed E-state index contributed by atoms with van der Waals surface area (Å²) in [6, 6.07) is 1.14. The quantitative estimate of drug-likeness (QED) is 0.00788. The molecule has 14 N–H and O–H groups in total. The van der Waals surface area contributed by atoms with E-state index >= 15 is 0 Å². The van der Waals surface area contributed by atoms with Crippen molar-refractivity contribution < 1.29 is 213 Å². The number of aliphatic hydroxyl groups is 4. The number of fused-ring (bicyclic) bond motifs is 3. The van der Waals surface area contributed by atoms with Gasteiger partial charge in [-0.15, -0.1) is 0 Å². The molecule has 39 nitrogen and oxygen atoms in total. The van der Waals surface area contributed by atoms with E-state index < -0.39 is 207 Å². The van der Waals surface area contributed by atoms with E-state index in [4.69, 9.17) is 54.0 Å². The molecule has 0 spiro atoms. The lowest BCUT2D eigenvalue weighted by Crippen LogP contribution is -2.63. The number of halogens is 18. The Morgan fingerprint density at radius 1 is 0.342 bits per heavy atom. The molecule has 0 bridgehead atoms. The zero-order valence-electron chi connectivity index (χ0n) is 78.5. The molecular weight excluding hydrogens is 2010 g/mol. The maximum Gasteiger partial charge on any atom is 0.449 e. The summed E-state index contributed by atoms with van der Waals surface area (Å²) in [5, 5.41) is 69.9. The number of benzene rings is 3. The lowest BCUT2D eigenvalue weighted by Gasteiger charge is -2.30. The number of aliphatic carboxylic acids is 4. The van der Waals surface area contributed by atoms with Gasteiger partial charge in [0.05, 0.1) is 151 Å². The Morgan fingerprint density at radius 2 is 0.575 bits per heavy atom. The minimum Gasteiger partial charge on any atom is -0.547 e. The van der Waals surface area contributed by atoms with Gasteiger partial charge in [0.2, 0.25) is 35.2 Å². The van der Waals surface area contributed by atoms with Gasteiger partial charge in [0.1, 0.15) is 35.8 Å². The molecule has 57 heteroatoms. The molecule has 146 heavy (non-hydrogen) atoms. The van der Waals surface area contributed by atoms with Crippen LogP contribution in [0.25, 0.3) is 0 Å². The number of morpholine rings is 3. The first-order valence-electron chi connectivity index (χ1n) is 46.0. The first-order valence-corrected chi connectivity index (χ1v) is 46.0. The summed E-state index contributed by atoms with van der Waals surface area (Å²) in [7, 11) is 0. The Kier molecular flexibility index (Phi) is 45.7. The molecule has 3 aromatic heterocycles. The number of aliphatic hydroxyl groups excluding tert-OH is 4. The summed E-state index contributed by atoms with van der Waals surface area (Å²) in [6.45, 7) is 10.1. The Labute approximate surface area is 819 Å². The fraction of sp³-hybridized carbons (Fsp3) is 0.584. The SMILES string of the molecule is O=C([O-])C(O)C(O)C(=O)[O-].O=C([O-])[C@H](O)[C@@H](O)C(=O)O.[NH3+][C@@H](CC(=O)N1CCn2c(C(F)(F)F)nc(C(=O)OCCCCCN3CCOCC3)c2C1)Cc1cc(F)c(F)cc1F.[NH3+][C@@H](CC(=O)N1CCn2c(C(F)(F)F)nc(C(=O)OCCCCCN3CCOCC3)c2C1)Cc1cc(F)c(F)cc1F.[NH3+][C@@H](CC(=O)N1CCn2c(C(F)(F)F)nc(C(=O)OCCCCCN3CCOCC3)c2C1)Cc1cc(F)c(F)cc1F. The zero-order chi connectivity index (χ0) is 108. The molecule has 3 amide bonds. The monoisotopic (exact) mass is 2120 g/mol. The molecule has 3 fully saturated rings. The second-order valence-corrected chi connectivity index (χ2v) is 34.5. The molecular formula is C89H111F18N15O24. The average Bonchev–Trinajstić information content (AvgIpc) is 1.62. The van der Waals surface area contributed by atoms with Crippen LogP contribution >= 0.6 is 0 Å². The maximum absolute atomic E-state index is 14.0. The topological polar surface area (TPSA) is 552 Å². The molecule has 12 rings (SSSR count). The number of amides is 3. The lowest BCUT2D eigenvalue weighted by molar-refractivity contribution is -0.419. The van der Waals surface area contributed by atoms with E-state index in [1.807, 2.05) is 0 Å². The van der Waals surface area contributed by atoms with Crippen LogP contribution in [0.1, 0.15) is 160 Å². The smallest absolute Gasteiger partial charge is 0.449 e. The minimum atomic E-state index is -4.83. The van der Waals surface area contributed by atoms with Gasteiger partial charge in [-0.1, -0.05) is 0 Å². The number of nitrogens with zero attached hydrogens (tertiary/aromatic N) is 12. The molecule has 0 saturated carbocycles. The largest absolute Gasteiger partial charge is 0.547 e. The highest BCUT2D eigenvalue weighted by molar-refractivity contribution is 5.91. The molecule has 3 aromatic carbocycles. The summed E-state index contributed by atoms with van der Waals surface area (Å²) in [6.07, 6.45) is -18.7. The number of carboxylic acids is 4. The summed E-state index contributed by atoms with van der Waals surface area (Å²) in [4.78, 5) is 137. The van der Waals surface area contributed by atoms with E-state index in [0.717, 1.165) is 111 Å². The van der Waals surface area contributed by atoms with Crippen LogP contribution in [0.2, 0.25) is 0 Å². The third kappa shape index (κ3) is 35.8. The van der Waals surface area contributed by atoms with E-state index in [2.05, 4.69) is 46.9 Å². The highest BCUT2D eigenvalue weighted by Crippen LogP contribution is 2.37. The summed E-state index contributed by atoms with van der Waals surface area (Å²) >= 11 is 0. The molecule has 6 aromatic rings. The predicted molar refractivity (Wildman–Crippen MR) is 453 cm³/mol. The molecule has 7 atom stereocenters. The number of unbranched alkanes of at least 4 members (excludes halogenated alkanes) is 6. The predicted octanol–water partition coefficient (Wildman–Crippen LogP) is -0.557. The minimum absolute atomic E-state index is 0.0158. The van der Waals surface area contributed by atoms with Gasteiger partial charge in [-0.2, -0.15) is 39.5 Å². The number of hydrogen-bond donors (Lipinski definition) is 8. The van der Waals surface area contributed by atoms with Gasteiger partial charge in [0.15, 0.2) is 58.1 Å². The molecule has 6 aliphatic heterocycles. The summed E-state index contributed by atoms with van der Waals surface area (Å²) < 4.78 is 280. The van der Waals surface area contributed by atoms with Crippen molar-refractivity contribution in [2.24, 2.45) is 0 Å². The second kappa shape index (κ2) is 55.8. The number of esters is 3. The van der Waals surface area contributed by atoms with Crippen LogP contribution in [0, 0.1) is 52.4 Å². The van der Waals surface area contributed by atoms with Crippen LogP contribution in [0.4, 0.5) is 79.0 Å². The Bertz CT molecular complexity index is 4900. The van der Waals surface area contributed by atoms with E-state index in [9.17, 15) is 142 Å². The van der Waals surface area contributed by atoms with Crippen molar-refractivity contribution in [3.05, 3.63) is 157 Å². The van der Waals surface area contributed by atoms with Crippen molar-refractivity contribution in [1.29, 1.82) is 0 Å². The first-order chi connectivity index (χ1) is 68.7. The van der Waals surface area contributed by atoms with Gasteiger partial charge in [-0.25, -0.2) is 73.6 Å². The van der Waals surface area contributed by atoms with Gasteiger partial charge in [-0.3, -0.25) is 29.1 Å². The van der Waals surface area contributed by atoms with Crippen molar-refractivity contribution in [3.8, 4) is 0 Å². The van der Waals surface area contributed by atoms with Crippen LogP contribution in [0.15, 0.2) is 36.4 Å². The van der Waals surface area contributed by atoms with Crippen molar-refractivity contribution in [3.63, 3.8) is 0 Å². The van der Waals surface area contributed by atoms with Crippen molar-refractivity contribution in [1.82, 2.24) is 58.1 Å². The Balaban J connectivity index is 0.000000243. The summed E-state index contributed by atoms with van der Waals surface area (Å²) in [5.74, 6) is -26.8. The Hall–Kier alpha value is -11.8. The van der Waals surface area contributed by atoms with Gasteiger partial charge in [-0.05, 0) is 112 Å². The molecule has 9 heterocycles. The second-order valence-electron chi connectivity index (χ2n) is 34.5. The van der Waals surface area contributed by atoms with Crippen LogP contribution in [-0.4, -0.2) is 324 Å². The lowest BCUT2D eigenvalue weighted by atomic mass is 10.0. The standard InChI is InChI=1S/3C27H33F6N5O4.2C4H6O6/c3*28-19-15-21(30)20(29)13-17(19)12-18(34)14-23(39)37-5-6-38-22(16-37)24(35-26(38)27(31,32)33)25(40)42-9-3-1-2-4-36-7-10-41-11-8-36;2*5-1(3(7)8)2(6)4(9)10/h3*13,15,18H,1-12,14,16,34H2;2*1-2,5-6H,(H,7,8)(H,9,10)/t3*18-;1-,2-;/m1111./s1. The van der Waals surface area contributed by atoms with Crippen LogP contribution in [-0.2, 0) is 139 Å². The van der Waals surface area contributed by atoms with Crippen molar-refractivity contribution >= 4 is 59.5 Å². The van der Waals surface area contributed by atoms with Crippen LogP contribution in [0.3, 0.4) is 0 Å². The van der Waals surface area contributed by atoms with Crippen molar-refractivity contribution in [2.45, 2.75) is 197 Å². The van der Waals surface area contributed by atoms with Gasteiger partial charge in [0, 0.05) is 116 Å². The number of alkyl halides is 9. The van der Waals surface area contributed by atoms with Gasteiger partial charge < -0.3 is 129 Å². The van der Waals surface area contributed by atoms with Gasteiger partial charge >= 0.3 is 42.4 Å². The highest BCUT2D eigenvalue weighted by Gasteiger charge is 2.46. The van der Waals surface area contributed by atoms with Crippen molar-refractivity contribution in [2.75, 3.05) is 138 Å². The number of rotatable bonds is 39. The molecule has 0 radical (unpaired) electrons. The number of carbonyl (C=O) groups is 10. The molecule has 6 aliphatic rings. The fourth-order valence-electron chi connectivity index (χ4n) is 15.9. The van der Waals surface area contributed by atoms with E-state index in [0.29, 0.717) is 95.3 Å².